The smallest absolute Gasteiger partial charge is 0.226 e. The monoisotopic (exact) mass is 971 g/mol. The highest BCUT2D eigenvalue weighted by Gasteiger charge is 2.41. The van der Waals surface area contributed by atoms with E-state index in [9.17, 15) is 38.4 Å². The van der Waals surface area contributed by atoms with E-state index in [4.69, 9.17) is 5.73 Å². The Morgan fingerprint density at radius 3 is 1.83 bits per heavy atom. The summed E-state index contributed by atoms with van der Waals surface area (Å²) >= 11 is 0. The minimum atomic E-state index is -0.613. The van der Waals surface area contributed by atoms with Crippen molar-refractivity contribution in [3.8, 4) is 0 Å². The van der Waals surface area contributed by atoms with E-state index >= 15 is 0 Å². The minimum Gasteiger partial charge on any atom is -0.370 e. The number of rotatable bonds is 23. The van der Waals surface area contributed by atoms with Crippen LogP contribution >= 0.6 is 0 Å². The zero-order valence-electron chi connectivity index (χ0n) is 41.7. The van der Waals surface area contributed by atoms with Gasteiger partial charge in [0.05, 0.1) is 41.7 Å². The van der Waals surface area contributed by atoms with Gasteiger partial charge in [0.1, 0.15) is 0 Å². The maximum absolute atomic E-state index is 14.0. The van der Waals surface area contributed by atoms with Crippen LogP contribution in [0.2, 0.25) is 0 Å². The number of primary amides is 1. The van der Waals surface area contributed by atoms with E-state index in [2.05, 4.69) is 47.9 Å². The van der Waals surface area contributed by atoms with E-state index in [-0.39, 0.29) is 84.5 Å². The summed E-state index contributed by atoms with van der Waals surface area (Å²) in [6.45, 7) is 11.0. The van der Waals surface area contributed by atoms with Gasteiger partial charge in [-0.1, -0.05) is 83.0 Å². The Morgan fingerprint density at radius 2 is 1.19 bits per heavy atom. The second-order valence-electron chi connectivity index (χ2n) is 21.2. The average Bonchev–Trinajstić information content (AvgIpc) is 4.13. The van der Waals surface area contributed by atoms with Gasteiger partial charge in [0, 0.05) is 76.7 Å². The molecule has 2 heterocycles. The summed E-state index contributed by atoms with van der Waals surface area (Å²) in [6, 6.07) is 11.4. The number of benzene rings is 2. The zero-order valence-corrected chi connectivity index (χ0v) is 41.7. The number of hydrogen-bond acceptors (Lipinski definition) is 10. The molecule has 11 N–H and O–H groups in total. The van der Waals surface area contributed by atoms with Crippen molar-refractivity contribution in [2.24, 2.45) is 47.2 Å². The molecule has 8 unspecified atom stereocenters. The average molecular weight is 971 g/mol. The summed E-state index contributed by atoms with van der Waals surface area (Å²) in [5.74, 6) is -4.49. The number of carbonyl (C=O) groups is 8. The lowest BCUT2D eigenvalue weighted by molar-refractivity contribution is -0.130. The molecule has 0 spiro atoms. The van der Waals surface area contributed by atoms with Crippen molar-refractivity contribution in [2.45, 2.75) is 141 Å². The van der Waals surface area contributed by atoms with Crippen LogP contribution in [-0.4, -0.2) is 116 Å². The standard InChI is InChI=1S/C52H78N10O8/c1-29(2)18-35(24-56-49(67)38-12-8-15-43(38)60-47(65)23-36(19-30(3)4)58-50(68)39-13-9-14-42(39)57-31(5)63)48(66)61-44-27-55-26-41(44)52(70)62-45-28-54-25-40(45)51(69)59-37(22-46(53)64)21-32-16-17-33-10-6-7-11-34(33)20-32/h6-7,10-11,16-17,20,29-30,35-45,54-55H,8-9,12-15,18-19,21-28H2,1-5H3,(H2,53,64)(H,56,67)(H,57,63)(H,58,68)(H,59,69)(H,60,65)(H,61,66)(H,62,70)/t35-,36-,37-,38?,39?,40?,41?,42?,43?,44?,45?/m0/s1. The van der Waals surface area contributed by atoms with Crippen molar-refractivity contribution in [1.82, 2.24) is 47.9 Å². The van der Waals surface area contributed by atoms with Crippen LogP contribution < -0.4 is 53.6 Å². The SMILES string of the molecule is CC(=O)NC1CCCC1C(=O)N[C@H](CC(=O)NC1CCCC1C(=O)NC[C@H](CC(C)C)C(=O)NC1CNCC1C(=O)NC1CNCC1C(=O)N[C@H](CC(N)=O)Cc1ccc2ccccc2c1)CC(C)C. The normalized spacial score (nSPS) is 25.5. The van der Waals surface area contributed by atoms with Crippen LogP contribution in [-0.2, 0) is 44.8 Å². The summed E-state index contributed by atoms with van der Waals surface area (Å²) in [4.78, 5) is 106. The largest absolute Gasteiger partial charge is 0.370 e. The minimum absolute atomic E-state index is 0.0423. The lowest BCUT2D eigenvalue weighted by atomic mass is 9.93. The summed E-state index contributed by atoms with van der Waals surface area (Å²) in [5, 5.41) is 29.9. The number of hydrogen-bond donors (Lipinski definition) is 10. The number of nitrogens with one attached hydrogen (secondary N) is 9. The number of amides is 8. The van der Waals surface area contributed by atoms with Gasteiger partial charge in [-0.3, -0.25) is 38.4 Å². The van der Waals surface area contributed by atoms with Gasteiger partial charge in [0.15, 0.2) is 0 Å². The Labute approximate surface area is 412 Å². The first kappa shape index (κ1) is 53.7. The van der Waals surface area contributed by atoms with Crippen LogP contribution in [0, 0.1) is 41.4 Å². The van der Waals surface area contributed by atoms with Gasteiger partial charge < -0.3 is 53.6 Å². The maximum atomic E-state index is 14.0. The van der Waals surface area contributed by atoms with Crippen LogP contribution in [0.1, 0.15) is 104 Å². The molecule has 70 heavy (non-hydrogen) atoms. The molecule has 2 aromatic rings. The zero-order chi connectivity index (χ0) is 50.5. The van der Waals surface area contributed by atoms with Gasteiger partial charge in [0.2, 0.25) is 47.3 Å². The molecule has 8 amide bonds. The van der Waals surface area contributed by atoms with Crippen molar-refractivity contribution < 1.29 is 38.4 Å². The maximum Gasteiger partial charge on any atom is 0.226 e. The molecule has 4 aliphatic rings. The topological polar surface area (TPSA) is 271 Å². The van der Waals surface area contributed by atoms with Gasteiger partial charge in [-0.2, -0.15) is 0 Å². The van der Waals surface area contributed by atoms with Crippen molar-refractivity contribution in [2.75, 3.05) is 32.7 Å². The molecule has 18 heteroatoms. The van der Waals surface area contributed by atoms with E-state index in [1.54, 1.807) is 0 Å². The van der Waals surface area contributed by atoms with Crippen molar-refractivity contribution >= 4 is 58.0 Å². The van der Waals surface area contributed by atoms with E-state index in [1.165, 1.54) is 6.92 Å². The molecule has 4 fully saturated rings. The summed E-state index contributed by atoms with van der Waals surface area (Å²) in [5.41, 5.74) is 6.56. The lowest BCUT2D eigenvalue weighted by Crippen LogP contribution is -2.54. The Bertz CT molecular complexity index is 2190. The number of carbonyl (C=O) groups excluding carboxylic acids is 8. The first-order chi connectivity index (χ1) is 33.4. The number of nitrogens with two attached hydrogens (primary N) is 1. The van der Waals surface area contributed by atoms with Crippen LogP contribution in [0.15, 0.2) is 42.5 Å². The van der Waals surface area contributed by atoms with Gasteiger partial charge in [-0.25, -0.2) is 0 Å². The fourth-order valence-corrected chi connectivity index (χ4v) is 11.1. The van der Waals surface area contributed by atoms with E-state index in [0.717, 1.165) is 35.6 Å². The molecule has 0 bridgehead atoms. The third kappa shape index (κ3) is 15.4. The molecular weight excluding hydrogens is 893 g/mol. The van der Waals surface area contributed by atoms with Gasteiger partial charge in [0.25, 0.3) is 0 Å². The molecule has 2 saturated carbocycles. The van der Waals surface area contributed by atoms with Crippen LogP contribution in [0.3, 0.4) is 0 Å². The summed E-state index contributed by atoms with van der Waals surface area (Å²) in [7, 11) is 0. The Balaban J connectivity index is 0.991. The first-order valence-electron chi connectivity index (χ1n) is 25.7. The van der Waals surface area contributed by atoms with Crippen molar-refractivity contribution in [3.63, 3.8) is 0 Å². The Kier molecular flexibility index (Phi) is 19.6. The van der Waals surface area contributed by atoms with Crippen LogP contribution in [0.5, 0.6) is 0 Å². The molecule has 0 radical (unpaired) electrons. The Hall–Kier alpha value is -5.62. The molecule has 18 nitrogen and oxygen atoms in total. The molecular formula is C52H78N10O8. The fraction of sp³-hybridized carbons (Fsp3) is 0.654. The molecule has 2 aliphatic carbocycles. The molecule has 384 valence electrons. The van der Waals surface area contributed by atoms with E-state index < -0.39 is 59.8 Å². The quantitative estimate of drug-likeness (QED) is 0.0766. The molecule has 2 aromatic carbocycles. The highest BCUT2D eigenvalue weighted by molar-refractivity contribution is 5.88. The van der Waals surface area contributed by atoms with E-state index in [1.807, 2.05) is 70.2 Å². The highest BCUT2D eigenvalue weighted by Crippen LogP contribution is 2.28. The molecule has 2 saturated heterocycles. The molecule has 2 aliphatic heterocycles. The fourth-order valence-electron chi connectivity index (χ4n) is 11.1. The Morgan fingerprint density at radius 1 is 0.600 bits per heavy atom. The molecule has 0 aromatic heterocycles. The van der Waals surface area contributed by atoms with Gasteiger partial charge in [-0.05, 0) is 73.1 Å². The summed E-state index contributed by atoms with van der Waals surface area (Å²) in [6.07, 6.45) is 5.72. The predicted molar refractivity (Wildman–Crippen MR) is 266 cm³/mol. The molecule has 6 rings (SSSR count). The lowest BCUT2D eigenvalue weighted by Gasteiger charge is -2.27. The van der Waals surface area contributed by atoms with Crippen LogP contribution in [0.4, 0.5) is 0 Å². The highest BCUT2D eigenvalue weighted by atomic mass is 16.2. The summed E-state index contributed by atoms with van der Waals surface area (Å²) < 4.78 is 0. The van der Waals surface area contributed by atoms with Crippen molar-refractivity contribution in [1.29, 1.82) is 0 Å². The van der Waals surface area contributed by atoms with Crippen LogP contribution in [0.25, 0.3) is 10.8 Å². The van der Waals surface area contributed by atoms with Gasteiger partial charge in [-0.15, -0.1) is 0 Å². The van der Waals surface area contributed by atoms with Gasteiger partial charge >= 0.3 is 0 Å². The molecule has 11 atom stereocenters. The predicted octanol–water partition coefficient (Wildman–Crippen LogP) is 1.44. The second-order valence-corrected chi connectivity index (χ2v) is 21.2. The first-order valence-corrected chi connectivity index (χ1v) is 25.7. The van der Waals surface area contributed by atoms with E-state index in [0.29, 0.717) is 64.7 Å². The third-order valence-corrected chi connectivity index (χ3v) is 14.5. The second kappa shape index (κ2) is 25.5. The number of fused-ring (bicyclic) bond motifs is 1. The van der Waals surface area contributed by atoms with Crippen molar-refractivity contribution in [3.05, 3.63) is 48.0 Å². The third-order valence-electron chi connectivity index (χ3n) is 14.5.